The van der Waals surface area contributed by atoms with Crippen molar-refractivity contribution in [3.8, 4) is 22.3 Å². The fourth-order valence-corrected chi connectivity index (χ4v) is 4.98. The van der Waals surface area contributed by atoms with Crippen molar-refractivity contribution in [2.75, 3.05) is 0 Å². The monoisotopic (exact) mass is 416 g/mol. The Morgan fingerprint density at radius 3 is 1.03 bits per heavy atom. The van der Waals surface area contributed by atoms with Crippen LogP contribution in [0, 0.1) is 20.9 Å². The molecule has 5 rings (SSSR count). The van der Waals surface area contributed by atoms with E-state index in [-0.39, 0.29) is 10.8 Å². The van der Waals surface area contributed by atoms with Crippen LogP contribution in [0.1, 0.15) is 52.7 Å². The van der Waals surface area contributed by atoms with Gasteiger partial charge in [-0.25, -0.2) is 0 Å². The van der Waals surface area contributed by atoms with Crippen molar-refractivity contribution in [2.45, 2.75) is 52.4 Å². The molecule has 0 N–H and O–H groups in total. The van der Waals surface area contributed by atoms with Gasteiger partial charge in [-0.05, 0) is 89.4 Å². The number of fused-ring (bicyclic) bond motifs is 2. The van der Waals surface area contributed by atoms with E-state index in [1.54, 1.807) is 0 Å². The van der Waals surface area contributed by atoms with Gasteiger partial charge in [-0.3, -0.25) is 0 Å². The molecule has 0 fully saturated rings. The van der Waals surface area contributed by atoms with Gasteiger partial charge >= 0.3 is 0 Å². The van der Waals surface area contributed by atoms with Crippen molar-refractivity contribution in [1.82, 2.24) is 0 Å². The van der Waals surface area contributed by atoms with Crippen molar-refractivity contribution in [2.24, 2.45) is 0 Å². The molecular weight excluding hydrogens is 384 g/mol. The van der Waals surface area contributed by atoms with E-state index in [0.29, 0.717) is 0 Å². The number of benzene rings is 4. The van der Waals surface area contributed by atoms with Crippen LogP contribution in [0.5, 0.6) is 0 Å². The van der Waals surface area contributed by atoms with Crippen LogP contribution in [0.15, 0.2) is 84.9 Å². The molecule has 0 atom stereocenters. The molecule has 0 spiro atoms. The molecule has 0 unspecified atom stereocenters. The smallest absolute Gasteiger partial charge is 0.00923 e. The summed E-state index contributed by atoms with van der Waals surface area (Å²) in [6.07, 6.45) is 0. The summed E-state index contributed by atoms with van der Waals surface area (Å²) in [5.74, 6) is 0. The lowest BCUT2D eigenvalue weighted by atomic mass is 9.77. The van der Waals surface area contributed by atoms with Gasteiger partial charge in [0.05, 0.1) is 0 Å². The van der Waals surface area contributed by atoms with Gasteiger partial charge in [0.2, 0.25) is 0 Å². The zero-order valence-corrected chi connectivity index (χ0v) is 20.1. The van der Waals surface area contributed by atoms with Crippen LogP contribution in [-0.4, -0.2) is 0 Å². The van der Waals surface area contributed by atoms with Crippen LogP contribution in [0.2, 0.25) is 0 Å². The minimum Gasteiger partial charge on any atom is -0.0622 e. The molecule has 0 saturated heterocycles. The van der Waals surface area contributed by atoms with Crippen molar-refractivity contribution >= 4 is 0 Å². The molecule has 0 radical (unpaired) electrons. The van der Waals surface area contributed by atoms with E-state index in [1.807, 2.05) is 0 Å². The molecule has 0 heterocycles. The summed E-state index contributed by atoms with van der Waals surface area (Å²) in [5, 5.41) is 5.55. The van der Waals surface area contributed by atoms with Gasteiger partial charge in [0, 0.05) is 0 Å². The summed E-state index contributed by atoms with van der Waals surface area (Å²) < 4.78 is 0. The van der Waals surface area contributed by atoms with E-state index in [1.165, 1.54) is 54.3 Å². The zero-order valence-electron chi connectivity index (χ0n) is 20.1. The zero-order chi connectivity index (χ0) is 22.7. The summed E-state index contributed by atoms with van der Waals surface area (Å²) in [5.41, 5.74) is 8.27. The predicted octanol–water partition coefficient (Wildman–Crippen LogP) is 8.50. The molecule has 0 bridgehead atoms. The van der Waals surface area contributed by atoms with Gasteiger partial charge in [-0.1, -0.05) is 102 Å². The third kappa shape index (κ3) is 3.39. The third-order valence-corrected chi connectivity index (χ3v) is 6.68. The van der Waals surface area contributed by atoms with E-state index in [4.69, 9.17) is 0 Å². The Morgan fingerprint density at radius 2 is 0.719 bits per heavy atom. The predicted molar refractivity (Wildman–Crippen MR) is 136 cm³/mol. The van der Waals surface area contributed by atoms with Crippen LogP contribution in [0.3, 0.4) is 0 Å². The lowest BCUT2D eigenvalue weighted by Crippen LogP contribution is -2.15. The molecule has 0 aromatic heterocycles. The Bertz CT molecular complexity index is 1380. The second-order valence-electron chi connectivity index (χ2n) is 11.1. The minimum absolute atomic E-state index is 0.0762. The standard InChI is InChI=1S/C32H32/c1-31(2,3)29-19-27-25(17-23(29)21-13-9-7-10-14-21)26-18-24(22-15-11-8-12-16-22)30(20-28(26)27)32(4,5)6/h7-20H,1-6H3. The lowest BCUT2D eigenvalue weighted by Gasteiger charge is -2.27. The molecule has 0 aliphatic heterocycles. The maximum atomic E-state index is 2.45. The molecule has 160 valence electrons. The second-order valence-corrected chi connectivity index (χ2v) is 11.1. The molecule has 32 heavy (non-hydrogen) atoms. The fraction of sp³-hybridized carbons (Fsp3) is 0.250. The van der Waals surface area contributed by atoms with E-state index in [9.17, 15) is 0 Å². The summed E-state index contributed by atoms with van der Waals surface area (Å²) in [4.78, 5) is 0. The first kappa shape index (κ1) is 20.8. The molecule has 0 saturated carbocycles. The number of rotatable bonds is 2. The van der Waals surface area contributed by atoms with Crippen LogP contribution in [0.25, 0.3) is 22.3 Å². The van der Waals surface area contributed by atoms with E-state index in [0.717, 1.165) is 0 Å². The van der Waals surface area contributed by atoms with E-state index < -0.39 is 0 Å². The van der Waals surface area contributed by atoms with E-state index >= 15 is 0 Å². The van der Waals surface area contributed by atoms with Crippen molar-refractivity contribution in [3.63, 3.8) is 0 Å². The Balaban J connectivity index is 1.87. The minimum atomic E-state index is 0.0762. The highest BCUT2D eigenvalue weighted by molar-refractivity contribution is 5.72. The third-order valence-electron chi connectivity index (χ3n) is 6.68. The average molecular weight is 417 g/mol. The Kier molecular flexibility index (Phi) is 4.67. The fourth-order valence-electron chi connectivity index (χ4n) is 4.98. The molecule has 1 aliphatic rings. The van der Waals surface area contributed by atoms with Gasteiger partial charge in [-0.2, -0.15) is 0 Å². The molecule has 0 amide bonds. The van der Waals surface area contributed by atoms with Crippen molar-refractivity contribution in [1.29, 1.82) is 0 Å². The highest BCUT2D eigenvalue weighted by Gasteiger charge is 2.23. The summed E-state index contributed by atoms with van der Waals surface area (Å²) in [6, 6.07) is 31.4. The first-order valence-electron chi connectivity index (χ1n) is 11.6. The summed E-state index contributed by atoms with van der Waals surface area (Å²) >= 11 is 0. The maximum Gasteiger partial charge on any atom is -0.00923 e. The lowest BCUT2D eigenvalue weighted by molar-refractivity contribution is 0.589. The topological polar surface area (TPSA) is 0 Å². The summed E-state index contributed by atoms with van der Waals surface area (Å²) in [7, 11) is 0. The first-order valence-corrected chi connectivity index (χ1v) is 11.6. The first-order chi connectivity index (χ1) is 15.1. The maximum absolute atomic E-state index is 2.45. The van der Waals surface area contributed by atoms with Gasteiger partial charge in [0.15, 0.2) is 0 Å². The Labute approximate surface area is 191 Å². The molecule has 4 aromatic carbocycles. The molecule has 4 aromatic rings. The average Bonchev–Trinajstić information content (AvgIpc) is 2.76. The largest absolute Gasteiger partial charge is 0.0622 e. The summed E-state index contributed by atoms with van der Waals surface area (Å²) in [6.45, 7) is 13.9. The van der Waals surface area contributed by atoms with Gasteiger partial charge in [-0.15, -0.1) is 0 Å². The molecule has 0 nitrogen and oxygen atoms in total. The van der Waals surface area contributed by atoms with Gasteiger partial charge < -0.3 is 0 Å². The quantitative estimate of drug-likeness (QED) is 0.270. The van der Waals surface area contributed by atoms with Crippen LogP contribution >= 0.6 is 0 Å². The second kappa shape index (κ2) is 7.20. The highest BCUT2D eigenvalue weighted by Crippen LogP contribution is 2.38. The van der Waals surface area contributed by atoms with Gasteiger partial charge in [0.1, 0.15) is 0 Å². The Morgan fingerprint density at radius 1 is 0.406 bits per heavy atom. The van der Waals surface area contributed by atoms with Crippen LogP contribution in [-0.2, 0) is 10.8 Å². The molecule has 0 heteroatoms. The van der Waals surface area contributed by atoms with E-state index in [2.05, 4.69) is 126 Å². The van der Waals surface area contributed by atoms with Crippen LogP contribution in [0.4, 0.5) is 0 Å². The normalized spacial score (nSPS) is 12.7. The van der Waals surface area contributed by atoms with Crippen LogP contribution < -0.4 is 0 Å². The van der Waals surface area contributed by atoms with Gasteiger partial charge in [0.25, 0.3) is 0 Å². The van der Waals surface area contributed by atoms with Crippen molar-refractivity contribution in [3.05, 3.63) is 117 Å². The number of hydrogen-bond acceptors (Lipinski definition) is 0. The highest BCUT2D eigenvalue weighted by atomic mass is 14.3. The Hall–Kier alpha value is -3.12. The number of hydrogen-bond donors (Lipinski definition) is 0. The van der Waals surface area contributed by atoms with Crippen molar-refractivity contribution < 1.29 is 0 Å². The molecule has 1 aliphatic carbocycles. The molecular formula is C32H32. The SMILES string of the molecule is CC(C)(C)c1cc2c(cc1-c1ccccc1)=c1cc(-c3ccccc3)c(C(C)(C)C)cc1=2.